The first kappa shape index (κ1) is 11.6. The molecule has 2 heterocycles. The van der Waals surface area contributed by atoms with Gasteiger partial charge in [0.1, 0.15) is 0 Å². The smallest absolute Gasteiger partial charge is 0.195 e. The molecule has 0 bridgehead atoms. The highest BCUT2D eigenvalue weighted by Crippen LogP contribution is 2.33. The second-order valence-electron chi connectivity index (χ2n) is 4.46. The van der Waals surface area contributed by atoms with Crippen LogP contribution < -0.4 is 0 Å². The number of nitrogens with zero attached hydrogens (tertiary/aromatic N) is 2. The zero-order valence-electron chi connectivity index (χ0n) is 10.2. The molecule has 0 atom stereocenters. The molecule has 18 heavy (non-hydrogen) atoms. The number of nitrogens with one attached hydrogen (secondary N) is 1. The lowest BCUT2D eigenvalue weighted by Gasteiger charge is -2.09. The van der Waals surface area contributed by atoms with Crippen LogP contribution in [0, 0.1) is 4.77 Å². The second kappa shape index (κ2) is 4.33. The van der Waals surface area contributed by atoms with Crippen LogP contribution in [0.15, 0.2) is 29.6 Å². The first-order valence-electron chi connectivity index (χ1n) is 5.82. The summed E-state index contributed by atoms with van der Waals surface area (Å²) in [6.45, 7) is 4.23. The third-order valence-corrected chi connectivity index (χ3v) is 4.19. The second-order valence-corrected chi connectivity index (χ2v) is 5.76. The van der Waals surface area contributed by atoms with Gasteiger partial charge in [-0.05, 0) is 32.1 Å². The largest absolute Gasteiger partial charge is 0.298 e. The minimum atomic E-state index is 0.296. The Kier molecular flexibility index (Phi) is 2.80. The van der Waals surface area contributed by atoms with E-state index in [1.807, 2.05) is 0 Å². The highest BCUT2D eigenvalue weighted by atomic mass is 32.1. The number of benzene rings is 1. The molecule has 0 aliphatic rings. The molecule has 1 N–H and O–H groups in total. The third kappa shape index (κ3) is 1.71. The minimum Gasteiger partial charge on any atom is -0.298 e. The maximum Gasteiger partial charge on any atom is 0.195 e. The predicted octanol–water partition coefficient (Wildman–Crippen LogP) is 4.40. The molecule has 0 amide bonds. The van der Waals surface area contributed by atoms with Gasteiger partial charge in [0.2, 0.25) is 0 Å². The van der Waals surface area contributed by atoms with Crippen LogP contribution in [0.2, 0.25) is 0 Å². The standard InChI is InChI=1S/C13H13N3S2/c1-8(2)16-12(14-15-13(16)17)10-7-18-11-6-4-3-5-9(10)11/h3-8H,1-2H3,(H,15,17). The normalized spacial score (nSPS) is 11.5. The number of H-pyrrole nitrogens is 1. The molecule has 0 aliphatic carbocycles. The molecule has 0 fully saturated rings. The number of aromatic nitrogens is 3. The van der Waals surface area contributed by atoms with Gasteiger partial charge in [-0.2, -0.15) is 5.10 Å². The molecule has 2 aromatic heterocycles. The SMILES string of the molecule is CC(C)n1c(-c2csc3ccccc23)n[nH]c1=S. The highest BCUT2D eigenvalue weighted by molar-refractivity contribution is 7.71. The van der Waals surface area contributed by atoms with E-state index in [9.17, 15) is 0 Å². The Balaban J connectivity index is 2.30. The number of rotatable bonds is 2. The number of fused-ring (bicyclic) bond motifs is 1. The molecule has 3 rings (SSSR count). The van der Waals surface area contributed by atoms with E-state index >= 15 is 0 Å². The Hall–Kier alpha value is -1.46. The molecule has 0 saturated heterocycles. The van der Waals surface area contributed by atoms with Crippen molar-refractivity contribution in [3.63, 3.8) is 0 Å². The summed E-state index contributed by atoms with van der Waals surface area (Å²) in [4.78, 5) is 0. The molecule has 0 aliphatic heterocycles. The molecule has 0 spiro atoms. The van der Waals surface area contributed by atoms with E-state index in [1.54, 1.807) is 11.3 Å². The molecule has 5 heteroatoms. The summed E-state index contributed by atoms with van der Waals surface area (Å²) >= 11 is 7.03. The Morgan fingerprint density at radius 1 is 1.33 bits per heavy atom. The lowest BCUT2D eigenvalue weighted by molar-refractivity contribution is 0.597. The fourth-order valence-electron chi connectivity index (χ4n) is 2.12. The van der Waals surface area contributed by atoms with Crippen molar-refractivity contribution >= 4 is 33.6 Å². The summed E-state index contributed by atoms with van der Waals surface area (Å²) in [5.74, 6) is 0.924. The van der Waals surface area contributed by atoms with Crippen LogP contribution in [0.3, 0.4) is 0 Å². The van der Waals surface area contributed by atoms with Crippen LogP contribution in [0.5, 0.6) is 0 Å². The molecular weight excluding hydrogens is 262 g/mol. The molecule has 0 radical (unpaired) electrons. The Labute approximate surface area is 114 Å². The number of thiophene rings is 1. The molecular formula is C13H13N3S2. The molecule has 3 nitrogen and oxygen atoms in total. The van der Waals surface area contributed by atoms with Gasteiger partial charge in [0.05, 0.1) is 0 Å². The average Bonchev–Trinajstić information content (AvgIpc) is 2.92. The first-order valence-corrected chi connectivity index (χ1v) is 7.11. The molecule has 92 valence electrons. The van der Waals surface area contributed by atoms with Gasteiger partial charge in [0, 0.05) is 27.1 Å². The van der Waals surface area contributed by atoms with Crippen molar-refractivity contribution in [2.45, 2.75) is 19.9 Å². The Morgan fingerprint density at radius 3 is 2.89 bits per heavy atom. The van der Waals surface area contributed by atoms with Gasteiger partial charge in [0.15, 0.2) is 10.6 Å². The van der Waals surface area contributed by atoms with Crippen molar-refractivity contribution in [1.29, 1.82) is 0 Å². The van der Waals surface area contributed by atoms with Crippen molar-refractivity contribution < 1.29 is 0 Å². The van der Waals surface area contributed by atoms with Crippen molar-refractivity contribution in [2.75, 3.05) is 0 Å². The number of hydrogen-bond donors (Lipinski definition) is 1. The lowest BCUT2D eigenvalue weighted by atomic mass is 10.1. The molecule has 1 aromatic carbocycles. The van der Waals surface area contributed by atoms with Gasteiger partial charge in [-0.25, -0.2) is 0 Å². The van der Waals surface area contributed by atoms with Gasteiger partial charge in [-0.1, -0.05) is 18.2 Å². The molecule has 0 saturated carbocycles. The van der Waals surface area contributed by atoms with Gasteiger partial charge in [-0.3, -0.25) is 9.67 Å². The fourth-order valence-corrected chi connectivity index (χ4v) is 3.41. The predicted molar refractivity (Wildman–Crippen MR) is 78.6 cm³/mol. The summed E-state index contributed by atoms with van der Waals surface area (Å²) in [6, 6.07) is 8.67. The summed E-state index contributed by atoms with van der Waals surface area (Å²) in [7, 11) is 0. The quantitative estimate of drug-likeness (QED) is 0.703. The summed E-state index contributed by atoms with van der Waals surface area (Å²) < 4.78 is 4.01. The van der Waals surface area contributed by atoms with E-state index in [0.717, 1.165) is 11.4 Å². The monoisotopic (exact) mass is 275 g/mol. The minimum absolute atomic E-state index is 0.296. The van der Waals surface area contributed by atoms with E-state index in [2.05, 4.69) is 58.3 Å². The van der Waals surface area contributed by atoms with E-state index in [-0.39, 0.29) is 0 Å². The third-order valence-electron chi connectivity index (χ3n) is 2.94. The summed E-state index contributed by atoms with van der Waals surface area (Å²) in [6.07, 6.45) is 0. The van der Waals surface area contributed by atoms with Crippen LogP contribution in [-0.2, 0) is 0 Å². The Bertz CT molecular complexity index is 749. The van der Waals surface area contributed by atoms with Crippen molar-refractivity contribution in [2.24, 2.45) is 0 Å². The van der Waals surface area contributed by atoms with Gasteiger partial charge < -0.3 is 0 Å². The van der Waals surface area contributed by atoms with Crippen LogP contribution in [0.4, 0.5) is 0 Å². The van der Waals surface area contributed by atoms with Gasteiger partial charge in [0.25, 0.3) is 0 Å². The maximum atomic E-state index is 5.29. The van der Waals surface area contributed by atoms with Crippen molar-refractivity contribution in [3.8, 4) is 11.4 Å². The van der Waals surface area contributed by atoms with E-state index in [0.29, 0.717) is 10.8 Å². The average molecular weight is 275 g/mol. The fraction of sp³-hybridized carbons (Fsp3) is 0.231. The van der Waals surface area contributed by atoms with Crippen molar-refractivity contribution in [1.82, 2.24) is 14.8 Å². The maximum absolute atomic E-state index is 5.29. The van der Waals surface area contributed by atoms with Crippen molar-refractivity contribution in [3.05, 3.63) is 34.4 Å². The topological polar surface area (TPSA) is 33.6 Å². The lowest BCUT2D eigenvalue weighted by Crippen LogP contribution is -2.02. The summed E-state index contributed by atoms with van der Waals surface area (Å²) in [5.41, 5.74) is 1.15. The zero-order valence-corrected chi connectivity index (χ0v) is 11.8. The van der Waals surface area contributed by atoms with Crippen LogP contribution >= 0.6 is 23.6 Å². The Morgan fingerprint density at radius 2 is 2.11 bits per heavy atom. The van der Waals surface area contributed by atoms with Crippen LogP contribution in [0.25, 0.3) is 21.5 Å². The van der Waals surface area contributed by atoms with E-state index < -0.39 is 0 Å². The number of aromatic amines is 1. The highest BCUT2D eigenvalue weighted by Gasteiger charge is 2.14. The van der Waals surface area contributed by atoms with Gasteiger partial charge in [-0.15, -0.1) is 11.3 Å². The van der Waals surface area contributed by atoms with Crippen LogP contribution in [-0.4, -0.2) is 14.8 Å². The summed E-state index contributed by atoms with van der Waals surface area (Å²) in [5, 5.41) is 10.7. The molecule has 3 aromatic rings. The first-order chi connectivity index (χ1) is 8.68. The van der Waals surface area contributed by atoms with Crippen LogP contribution in [0.1, 0.15) is 19.9 Å². The zero-order chi connectivity index (χ0) is 12.7. The number of hydrogen-bond acceptors (Lipinski definition) is 3. The van der Waals surface area contributed by atoms with Gasteiger partial charge >= 0.3 is 0 Å². The van der Waals surface area contributed by atoms with E-state index in [4.69, 9.17) is 12.2 Å². The van der Waals surface area contributed by atoms with E-state index in [1.165, 1.54) is 10.1 Å². The molecule has 0 unspecified atom stereocenters.